The average Bonchev–Trinajstić information content (AvgIpc) is 2.72. The Morgan fingerprint density at radius 1 is 0.714 bits per heavy atom. The molecule has 0 N–H and O–H groups in total. The monoisotopic (exact) mass is 378 g/mol. The number of para-hydroxylation sites is 2. The van der Waals surface area contributed by atoms with Gasteiger partial charge in [-0.05, 0) is 23.3 Å². The molecule has 1 unspecified atom stereocenters. The van der Waals surface area contributed by atoms with Crippen molar-refractivity contribution in [1.82, 2.24) is 0 Å². The number of fused-ring (bicyclic) bond motifs is 1. The van der Waals surface area contributed by atoms with Gasteiger partial charge in [0.2, 0.25) is 0 Å². The van der Waals surface area contributed by atoms with Crippen LogP contribution in [0, 0.1) is 0 Å². The number of halogens is 2. The molecule has 142 valence electrons. The number of benzene rings is 3. The van der Waals surface area contributed by atoms with E-state index >= 15 is 0 Å². The molecular weight excluding hydrogens is 358 g/mol. The first-order valence-corrected chi connectivity index (χ1v) is 9.18. The van der Waals surface area contributed by atoms with Crippen LogP contribution in [-0.4, -0.2) is 18.4 Å². The van der Waals surface area contributed by atoms with Crippen LogP contribution in [0.4, 0.5) is 20.2 Å². The zero-order chi connectivity index (χ0) is 19.5. The number of hydrogen-bond acceptors (Lipinski definition) is 2. The van der Waals surface area contributed by atoms with Crippen molar-refractivity contribution in [2.24, 2.45) is 0 Å². The molecule has 0 saturated carbocycles. The number of rotatable bonds is 5. The molecule has 4 rings (SSSR count). The molecule has 1 amide bonds. The molecule has 28 heavy (non-hydrogen) atoms. The van der Waals surface area contributed by atoms with Gasteiger partial charge in [-0.15, -0.1) is 0 Å². The van der Waals surface area contributed by atoms with Crippen molar-refractivity contribution in [2.75, 3.05) is 9.80 Å². The van der Waals surface area contributed by atoms with E-state index in [4.69, 9.17) is 0 Å². The highest BCUT2D eigenvalue weighted by molar-refractivity contribution is 6.05. The van der Waals surface area contributed by atoms with Crippen LogP contribution in [0.1, 0.15) is 11.1 Å². The smallest absolute Gasteiger partial charge is 0.267 e. The number of carbonyl (C=O) groups is 1. The van der Waals surface area contributed by atoms with Crippen LogP contribution in [0.2, 0.25) is 0 Å². The fourth-order valence-corrected chi connectivity index (χ4v) is 3.63. The second kappa shape index (κ2) is 7.80. The summed E-state index contributed by atoms with van der Waals surface area (Å²) in [5.41, 5.74) is 3.08. The lowest BCUT2D eigenvalue weighted by molar-refractivity contribution is -0.123. The van der Waals surface area contributed by atoms with Gasteiger partial charge in [-0.2, -0.15) is 0 Å². The Bertz CT molecular complexity index is 947. The van der Waals surface area contributed by atoms with E-state index in [1.165, 1.54) is 9.80 Å². The van der Waals surface area contributed by atoms with Crippen LogP contribution < -0.4 is 9.80 Å². The lowest BCUT2D eigenvalue weighted by Crippen LogP contribution is -2.56. The van der Waals surface area contributed by atoms with Gasteiger partial charge in [-0.3, -0.25) is 4.79 Å². The van der Waals surface area contributed by atoms with Crippen molar-refractivity contribution < 1.29 is 13.6 Å². The first-order chi connectivity index (χ1) is 13.6. The Kier molecular flexibility index (Phi) is 5.06. The molecule has 0 fully saturated rings. The molecule has 1 aliphatic rings. The van der Waals surface area contributed by atoms with Gasteiger partial charge in [0.05, 0.1) is 17.9 Å². The standard InChI is InChI=1S/C23H20F2N2O/c24-22(25)21-23(28)27(16-18-11-5-2-6-12-18)20-14-8-7-13-19(20)26(21)15-17-9-3-1-4-10-17/h1-14,21-22H,15-16H2. The minimum atomic E-state index is -2.79. The van der Waals surface area contributed by atoms with Gasteiger partial charge in [0.15, 0.2) is 6.04 Å². The average molecular weight is 378 g/mol. The quantitative estimate of drug-likeness (QED) is 0.632. The van der Waals surface area contributed by atoms with Crippen molar-refractivity contribution in [1.29, 1.82) is 0 Å². The molecule has 3 aromatic carbocycles. The molecule has 0 bridgehead atoms. The highest BCUT2D eigenvalue weighted by atomic mass is 19.3. The van der Waals surface area contributed by atoms with Crippen molar-refractivity contribution in [3.05, 3.63) is 96.1 Å². The minimum Gasteiger partial charge on any atom is -0.349 e. The molecule has 0 radical (unpaired) electrons. The second-order valence-corrected chi connectivity index (χ2v) is 6.79. The molecule has 0 aromatic heterocycles. The van der Waals surface area contributed by atoms with Crippen LogP contribution in [0.3, 0.4) is 0 Å². The summed E-state index contributed by atoms with van der Waals surface area (Å²) in [6.45, 7) is 0.511. The predicted molar refractivity (Wildman–Crippen MR) is 106 cm³/mol. The van der Waals surface area contributed by atoms with Gasteiger partial charge in [0, 0.05) is 6.54 Å². The van der Waals surface area contributed by atoms with E-state index in [0.29, 0.717) is 11.4 Å². The molecule has 1 heterocycles. The predicted octanol–water partition coefficient (Wildman–Crippen LogP) is 4.87. The SMILES string of the molecule is O=C1C(C(F)F)N(Cc2ccccc2)c2ccccc2N1Cc1ccccc1. The van der Waals surface area contributed by atoms with Gasteiger partial charge in [0.25, 0.3) is 12.3 Å². The van der Waals surface area contributed by atoms with E-state index in [1.54, 1.807) is 6.07 Å². The first-order valence-electron chi connectivity index (χ1n) is 9.18. The molecular formula is C23H20F2N2O. The summed E-state index contributed by atoms with van der Waals surface area (Å²) >= 11 is 0. The number of hydrogen-bond donors (Lipinski definition) is 0. The van der Waals surface area contributed by atoms with E-state index < -0.39 is 18.4 Å². The van der Waals surface area contributed by atoms with Crippen LogP contribution >= 0.6 is 0 Å². The third-order valence-electron chi connectivity index (χ3n) is 4.95. The molecule has 0 aliphatic carbocycles. The summed E-state index contributed by atoms with van der Waals surface area (Å²) in [6.07, 6.45) is -2.79. The third-order valence-corrected chi connectivity index (χ3v) is 4.95. The van der Waals surface area contributed by atoms with Crippen molar-refractivity contribution in [3.63, 3.8) is 0 Å². The van der Waals surface area contributed by atoms with E-state index in [2.05, 4.69) is 0 Å². The van der Waals surface area contributed by atoms with Gasteiger partial charge in [-0.25, -0.2) is 8.78 Å². The lowest BCUT2D eigenvalue weighted by atomic mass is 10.0. The highest BCUT2D eigenvalue weighted by Crippen LogP contribution is 2.39. The number of carbonyl (C=O) groups excluding carboxylic acids is 1. The molecule has 1 atom stereocenters. The Hall–Kier alpha value is -3.21. The number of alkyl halides is 2. The normalized spacial score (nSPS) is 16.4. The van der Waals surface area contributed by atoms with Gasteiger partial charge < -0.3 is 9.80 Å². The van der Waals surface area contributed by atoms with E-state index in [0.717, 1.165) is 11.1 Å². The van der Waals surface area contributed by atoms with Crippen LogP contribution in [0.5, 0.6) is 0 Å². The second-order valence-electron chi connectivity index (χ2n) is 6.79. The summed E-state index contributed by atoms with van der Waals surface area (Å²) in [5.74, 6) is -0.575. The molecule has 5 heteroatoms. The minimum absolute atomic E-state index is 0.248. The maximum absolute atomic E-state index is 14.0. The Balaban J connectivity index is 1.76. The maximum atomic E-state index is 14.0. The van der Waals surface area contributed by atoms with Crippen molar-refractivity contribution in [2.45, 2.75) is 25.6 Å². The van der Waals surface area contributed by atoms with Crippen molar-refractivity contribution >= 4 is 17.3 Å². The molecule has 1 aliphatic heterocycles. The highest BCUT2D eigenvalue weighted by Gasteiger charge is 2.43. The van der Waals surface area contributed by atoms with E-state index in [9.17, 15) is 13.6 Å². The zero-order valence-electron chi connectivity index (χ0n) is 15.2. The molecule has 0 saturated heterocycles. The first kappa shape index (κ1) is 18.2. The zero-order valence-corrected chi connectivity index (χ0v) is 15.2. The number of nitrogens with zero attached hydrogens (tertiary/aromatic N) is 2. The molecule has 3 nitrogen and oxygen atoms in total. The summed E-state index contributed by atoms with van der Waals surface area (Å²) in [7, 11) is 0. The Labute approximate surface area is 162 Å². The van der Waals surface area contributed by atoms with Gasteiger partial charge in [-0.1, -0.05) is 72.8 Å². The van der Waals surface area contributed by atoms with Gasteiger partial charge >= 0.3 is 0 Å². The maximum Gasteiger partial charge on any atom is 0.267 e. The number of anilines is 2. The van der Waals surface area contributed by atoms with Crippen LogP contribution in [0.25, 0.3) is 0 Å². The Morgan fingerprint density at radius 2 is 1.21 bits per heavy atom. The van der Waals surface area contributed by atoms with E-state index in [1.807, 2.05) is 78.9 Å². The summed E-state index contributed by atoms with van der Waals surface area (Å²) in [6, 6.07) is 24.5. The van der Waals surface area contributed by atoms with E-state index in [-0.39, 0.29) is 13.1 Å². The molecule has 3 aromatic rings. The lowest BCUT2D eigenvalue weighted by Gasteiger charge is -2.42. The third kappa shape index (κ3) is 3.48. The fourth-order valence-electron chi connectivity index (χ4n) is 3.63. The van der Waals surface area contributed by atoms with Crippen LogP contribution in [0.15, 0.2) is 84.9 Å². The Morgan fingerprint density at radius 3 is 1.79 bits per heavy atom. The summed E-state index contributed by atoms with van der Waals surface area (Å²) in [4.78, 5) is 16.1. The number of amides is 1. The summed E-state index contributed by atoms with van der Waals surface area (Å²) in [5, 5.41) is 0. The molecule has 0 spiro atoms. The summed E-state index contributed by atoms with van der Waals surface area (Å²) < 4.78 is 28.1. The van der Waals surface area contributed by atoms with Gasteiger partial charge in [0.1, 0.15) is 0 Å². The fraction of sp³-hybridized carbons (Fsp3) is 0.174. The van der Waals surface area contributed by atoms with Crippen molar-refractivity contribution in [3.8, 4) is 0 Å². The largest absolute Gasteiger partial charge is 0.349 e. The topological polar surface area (TPSA) is 23.6 Å². The van der Waals surface area contributed by atoms with Crippen LogP contribution in [-0.2, 0) is 17.9 Å².